The predicted octanol–water partition coefficient (Wildman–Crippen LogP) is 1.21. The van der Waals surface area contributed by atoms with E-state index in [9.17, 15) is 9.59 Å². The van der Waals surface area contributed by atoms with Crippen LogP contribution < -0.4 is 5.32 Å². The summed E-state index contributed by atoms with van der Waals surface area (Å²) < 4.78 is 0. The van der Waals surface area contributed by atoms with E-state index in [0.717, 1.165) is 0 Å². The van der Waals surface area contributed by atoms with Gasteiger partial charge in [-0.2, -0.15) is 0 Å². The second-order valence-electron chi connectivity index (χ2n) is 5.79. The van der Waals surface area contributed by atoms with Gasteiger partial charge in [0.2, 0.25) is 5.91 Å². The van der Waals surface area contributed by atoms with Gasteiger partial charge < -0.3 is 10.2 Å². The smallest absolute Gasteiger partial charge is 0.253 e. The normalized spacial score (nSPS) is 19.6. The van der Waals surface area contributed by atoms with Crippen molar-refractivity contribution in [1.82, 2.24) is 15.2 Å². The van der Waals surface area contributed by atoms with Crippen molar-refractivity contribution in [2.45, 2.75) is 38.8 Å². The van der Waals surface area contributed by atoms with E-state index >= 15 is 0 Å². The lowest BCUT2D eigenvalue weighted by Crippen LogP contribution is -2.44. The number of pyridine rings is 1. The molecule has 0 saturated carbocycles. The van der Waals surface area contributed by atoms with Crippen LogP contribution in [0.5, 0.6) is 0 Å². The van der Waals surface area contributed by atoms with Gasteiger partial charge in [-0.3, -0.25) is 14.6 Å². The van der Waals surface area contributed by atoms with Gasteiger partial charge in [0, 0.05) is 30.9 Å². The Morgan fingerprint density at radius 3 is 2.74 bits per heavy atom. The Kier molecular flexibility index (Phi) is 3.55. The molecule has 0 radical (unpaired) electrons. The molecule has 102 valence electrons. The topological polar surface area (TPSA) is 62.3 Å². The molecule has 0 spiro atoms. The Labute approximate surface area is 113 Å². The third-order valence-electron chi connectivity index (χ3n) is 3.19. The molecule has 19 heavy (non-hydrogen) atoms. The molecule has 0 aromatic carbocycles. The van der Waals surface area contributed by atoms with Crippen LogP contribution in [0.4, 0.5) is 0 Å². The minimum absolute atomic E-state index is 0.0870. The van der Waals surface area contributed by atoms with Crippen molar-refractivity contribution in [2.75, 3.05) is 6.54 Å². The van der Waals surface area contributed by atoms with E-state index in [1.165, 1.54) is 6.20 Å². The summed E-state index contributed by atoms with van der Waals surface area (Å²) in [5.41, 5.74) is 0.314. The Morgan fingerprint density at radius 1 is 1.47 bits per heavy atom. The molecule has 1 aromatic heterocycles. The van der Waals surface area contributed by atoms with Crippen molar-refractivity contribution >= 4 is 11.8 Å². The van der Waals surface area contributed by atoms with Crippen LogP contribution in [0.15, 0.2) is 24.5 Å². The van der Waals surface area contributed by atoms with Crippen molar-refractivity contribution in [1.29, 1.82) is 0 Å². The van der Waals surface area contributed by atoms with Crippen molar-refractivity contribution < 1.29 is 9.59 Å². The second kappa shape index (κ2) is 4.99. The van der Waals surface area contributed by atoms with Gasteiger partial charge in [-0.05, 0) is 32.9 Å². The lowest BCUT2D eigenvalue weighted by atomic mass is 10.1. The van der Waals surface area contributed by atoms with E-state index < -0.39 is 0 Å². The quantitative estimate of drug-likeness (QED) is 0.870. The molecule has 0 aliphatic carbocycles. The zero-order chi connectivity index (χ0) is 14.0. The maximum Gasteiger partial charge on any atom is 0.253 e. The lowest BCUT2D eigenvalue weighted by Gasteiger charge is -2.32. The Bertz CT molecular complexity index is 479. The Morgan fingerprint density at radius 2 is 2.21 bits per heavy atom. The molecule has 1 atom stereocenters. The number of aromatic nitrogens is 1. The minimum atomic E-state index is -0.204. The van der Waals surface area contributed by atoms with Crippen LogP contribution >= 0.6 is 0 Å². The zero-order valence-corrected chi connectivity index (χ0v) is 11.5. The summed E-state index contributed by atoms with van der Waals surface area (Å²) in [6.45, 7) is 6.55. The van der Waals surface area contributed by atoms with Gasteiger partial charge in [0.25, 0.3) is 5.91 Å². The van der Waals surface area contributed by atoms with Crippen molar-refractivity contribution in [2.24, 2.45) is 0 Å². The molecule has 1 aliphatic heterocycles. The fraction of sp³-hybridized carbons (Fsp3) is 0.500. The molecule has 2 amide bonds. The van der Waals surface area contributed by atoms with Crippen LogP contribution in [0.1, 0.15) is 37.6 Å². The number of carbonyl (C=O) groups excluding carboxylic acids is 2. The van der Waals surface area contributed by atoms with E-state index in [4.69, 9.17) is 0 Å². The van der Waals surface area contributed by atoms with Gasteiger partial charge in [-0.15, -0.1) is 0 Å². The van der Waals surface area contributed by atoms with E-state index in [0.29, 0.717) is 18.5 Å². The van der Waals surface area contributed by atoms with Crippen LogP contribution in [0.25, 0.3) is 0 Å². The van der Waals surface area contributed by atoms with Gasteiger partial charge in [-0.1, -0.05) is 0 Å². The lowest BCUT2D eigenvalue weighted by molar-refractivity contribution is -0.131. The van der Waals surface area contributed by atoms with Crippen LogP contribution in [0.3, 0.4) is 0 Å². The first-order valence-electron chi connectivity index (χ1n) is 6.39. The fourth-order valence-electron chi connectivity index (χ4n) is 2.22. The third-order valence-corrected chi connectivity index (χ3v) is 3.19. The number of nitrogens with zero attached hydrogens (tertiary/aromatic N) is 2. The average molecular weight is 261 g/mol. The monoisotopic (exact) mass is 261 g/mol. The molecule has 1 N–H and O–H groups in total. The van der Waals surface area contributed by atoms with Crippen molar-refractivity contribution in [3.63, 3.8) is 0 Å². The average Bonchev–Trinajstić information content (AvgIpc) is 2.71. The van der Waals surface area contributed by atoms with Crippen LogP contribution in [-0.4, -0.2) is 39.8 Å². The van der Waals surface area contributed by atoms with E-state index in [2.05, 4.69) is 10.3 Å². The number of hydrogen-bond acceptors (Lipinski definition) is 3. The first-order valence-corrected chi connectivity index (χ1v) is 6.39. The van der Waals surface area contributed by atoms with Gasteiger partial charge in [-0.25, -0.2) is 0 Å². The molecule has 5 nitrogen and oxygen atoms in total. The van der Waals surface area contributed by atoms with Gasteiger partial charge in [0.1, 0.15) is 0 Å². The van der Waals surface area contributed by atoms with Crippen LogP contribution in [0, 0.1) is 0 Å². The summed E-state index contributed by atoms with van der Waals surface area (Å²) in [5.74, 6) is -0.0920. The SMILES string of the molecule is CC(C)(C)N1CC(NC(=O)c2cccnc2)CC1=O. The van der Waals surface area contributed by atoms with Gasteiger partial charge >= 0.3 is 0 Å². The summed E-state index contributed by atoms with van der Waals surface area (Å²) in [5, 5.41) is 2.89. The van der Waals surface area contributed by atoms with E-state index in [1.54, 1.807) is 23.2 Å². The number of rotatable bonds is 2. The molecule has 5 heteroatoms. The first kappa shape index (κ1) is 13.5. The van der Waals surface area contributed by atoms with Crippen LogP contribution in [0.2, 0.25) is 0 Å². The number of amides is 2. The molecular formula is C14H19N3O2. The summed E-state index contributed by atoms with van der Waals surface area (Å²) in [7, 11) is 0. The highest BCUT2D eigenvalue weighted by Crippen LogP contribution is 2.21. The molecule has 1 saturated heterocycles. The van der Waals surface area contributed by atoms with Gasteiger partial charge in [0.15, 0.2) is 0 Å². The Hall–Kier alpha value is -1.91. The van der Waals surface area contributed by atoms with Gasteiger partial charge in [0.05, 0.1) is 11.6 Å². The third kappa shape index (κ3) is 3.10. The second-order valence-corrected chi connectivity index (χ2v) is 5.79. The molecule has 1 fully saturated rings. The summed E-state index contributed by atoms with van der Waals surface area (Å²) in [4.78, 5) is 29.6. The maximum atomic E-state index is 12.0. The summed E-state index contributed by atoms with van der Waals surface area (Å²) in [6, 6.07) is 3.30. The minimum Gasteiger partial charge on any atom is -0.347 e. The highest BCUT2D eigenvalue weighted by molar-refractivity contribution is 5.94. The molecule has 1 unspecified atom stereocenters. The van der Waals surface area contributed by atoms with Crippen molar-refractivity contribution in [3.05, 3.63) is 30.1 Å². The number of carbonyl (C=O) groups is 2. The summed E-state index contributed by atoms with van der Waals surface area (Å²) >= 11 is 0. The van der Waals surface area contributed by atoms with E-state index in [1.807, 2.05) is 20.8 Å². The van der Waals surface area contributed by atoms with Crippen molar-refractivity contribution in [3.8, 4) is 0 Å². The molecule has 2 heterocycles. The maximum absolute atomic E-state index is 12.0. The number of nitrogens with one attached hydrogen (secondary N) is 1. The molecule has 1 aromatic rings. The zero-order valence-electron chi connectivity index (χ0n) is 11.5. The largest absolute Gasteiger partial charge is 0.347 e. The molecule has 2 rings (SSSR count). The molecule has 0 bridgehead atoms. The first-order chi connectivity index (χ1) is 8.88. The Balaban J connectivity index is 1.99. The standard InChI is InChI=1S/C14H19N3O2/c1-14(2,3)17-9-11(7-12(17)18)16-13(19)10-5-4-6-15-8-10/h4-6,8,11H,7,9H2,1-3H3,(H,16,19). The van der Waals surface area contributed by atoms with E-state index in [-0.39, 0.29) is 23.4 Å². The van der Waals surface area contributed by atoms with Crippen LogP contribution in [-0.2, 0) is 4.79 Å². The predicted molar refractivity (Wildman–Crippen MR) is 71.6 cm³/mol. The molecular weight excluding hydrogens is 242 g/mol. The highest BCUT2D eigenvalue weighted by Gasteiger charge is 2.36. The highest BCUT2D eigenvalue weighted by atomic mass is 16.2. The fourth-order valence-corrected chi connectivity index (χ4v) is 2.22. The summed E-state index contributed by atoms with van der Waals surface area (Å²) in [6.07, 6.45) is 3.51. The number of likely N-dealkylation sites (tertiary alicyclic amines) is 1. The molecule has 1 aliphatic rings. The number of hydrogen-bond donors (Lipinski definition) is 1.